The van der Waals surface area contributed by atoms with Crippen LogP contribution in [-0.4, -0.2) is 26.7 Å². The van der Waals surface area contributed by atoms with Crippen molar-refractivity contribution < 1.29 is 23.9 Å². The van der Waals surface area contributed by atoms with E-state index < -0.39 is 35.2 Å². The normalized spacial score (nSPS) is 17.7. The molecule has 0 aliphatic heterocycles. The van der Waals surface area contributed by atoms with Crippen molar-refractivity contribution in [1.82, 2.24) is 0 Å². The second kappa shape index (κ2) is 5.11. The minimum absolute atomic E-state index is 0.915. The second-order valence-electron chi connectivity index (χ2n) is 8.24. The van der Waals surface area contributed by atoms with Gasteiger partial charge in [0.2, 0.25) is 0 Å². The van der Waals surface area contributed by atoms with Gasteiger partial charge in [-0.25, -0.2) is 0 Å². The average molecular weight is 308 g/mol. The van der Waals surface area contributed by atoms with Gasteiger partial charge < -0.3 is 14.5 Å². The molecule has 0 spiro atoms. The summed E-state index contributed by atoms with van der Waals surface area (Å²) in [4.78, 5) is 22.6. The molecular weight excluding hydrogens is 279 g/mol. The van der Waals surface area contributed by atoms with E-state index in [-0.39, 0.29) is 0 Å². The van der Waals surface area contributed by atoms with Gasteiger partial charge in [-0.3, -0.25) is 9.36 Å². The summed E-state index contributed by atoms with van der Waals surface area (Å²) in [5, 5.41) is 7.90. The highest BCUT2D eigenvalue weighted by molar-refractivity contribution is 7.56. The summed E-state index contributed by atoms with van der Waals surface area (Å²) in [6.07, 6.45) is 0. The van der Waals surface area contributed by atoms with Gasteiger partial charge >= 0.3 is 13.6 Å². The van der Waals surface area contributed by atoms with Gasteiger partial charge in [-0.1, -0.05) is 41.5 Å². The molecule has 2 N–H and O–H groups in total. The van der Waals surface area contributed by atoms with E-state index in [2.05, 4.69) is 0 Å². The van der Waals surface area contributed by atoms with Crippen molar-refractivity contribution in [2.45, 2.75) is 73.1 Å². The first-order chi connectivity index (χ1) is 8.40. The van der Waals surface area contributed by atoms with Gasteiger partial charge in [0.25, 0.3) is 0 Å². The molecule has 0 amide bonds. The van der Waals surface area contributed by atoms with Crippen LogP contribution in [0.15, 0.2) is 0 Å². The standard InChI is InChI=1S/C14H29O5P/c1-11(2,3)14(10(15)16,12(4,5)6)20(17,18)19-13(7,8)9/h1-9H3,(H,15,16)(H,17,18). The van der Waals surface area contributed by atoms with Crippen LogP contribution in [0, 0.1) is 10.8 Å². The van der Waals surface area contributed by atoms with Gasteiger partial charge in [0.15, 0.2) is 5.16 Å². The Kier molecular flexibility index (Phi) is 5.02. The van der Waals surface area contributed by atoms with Gasteiger partial charge in [-0.15, -0.1) is 0 Å². The van der Waals surface area contributed by atoms with Crippen molar-refractivity contribution >= 4 is 13.6 Å². The van der Waals surface area contributed by atoms with Gasteiger partial charge in [-0.2, -0.15) is 0 Å². The lowest BCUT2D eigenvalue weighted by atomic mass is 9.65. The van der Waals surface area contributed by atoms with E-state index in [4.69, 9.17) is 4.52 Å². The number of aliphatic carboxylic acids is 1. The lowest BCUT2D eigenvalue weighted by Gasteiger charge is -2.51. The van der Waals surface area contributed by atoms with Crippen LogP contribution in [0.4, 0.5) is 0 Å². The minimum Gasteiger partial charge on any atom is -0.480 e. The third kappa shape index (κ3) is 3.26. The summed E-state index contributed by atoms with van der Waals surface area (Å²) < 4.78 is 18.3. The Labute approximate surface area is 122 Å². The fraction of sp³-hybridized carbons (Fsp3) is 0.929. The fourth-order valence-corrected chi connectivity index (χ4v) is 5.99. The van der Waals surface area contributed by atoms with E-state index in [1.54, 1.807) is 62.3 Å². The largest absolute Gasteiger partial charge is 0.480 e. The van der Waals surface area contributed by atoms with Crippen LogP contribution in [0.5, 0.6) is 0 Å². The number of rotatable bonds is 3. The molecule has 120 valence electrons. The molecular formula is C14H29O5P. The summed E-state index contributed by atoms with van der Waals surface area (Å²) in [5.41, 5.74) is -2.85. The van der Waals surface area contributed by atoms with Crippen LogP contribution in [0.3, 0.4) is 0 Å². The number of carbonyl (C=O) groups is 1. The zero-order valence-corrected chi connectivity index (χ0v) is 15.0. The zero-order chi connectivity index (χ0) is 16.8. The zero-order valence-electron chi connectivity index (χ0n) is 14.1. The lowest BCUT2D eigenvalue weighted by Crippen LogP contribution is -2.59. The third-order valence-corrected chi connectivity index (χ3v) is 6.48. The van der Waals surface area contributed by atoms with Gasteiger partial charge in [0, 0.05) is 0 Å². The molecule has 5 nitrogen and oxygen atoms in total. The van der Waals surface area contributed by atoms with E-state index in [0.29, 0.717) is 0 Å². The fourth-order valence-electron chi connectivity index (χ4n) is 3.17. The summed E-state index contributed by atoms with van der Waals surface area (Å²) in [6, 6.07) is 0. The molecule has 0 aliphatic rings. The predicted octanol–water partition coefficient (Wildman–Crippen LogP) is 3.90. The van der Waals surface area contributed by atoms with Crippen LogP contribution in [0.1, 0.15) is 62.3 Å². The molecule has 0 bridgehead atoms. The first kappa shape index (κ1) is 19.6. The highest BCUT2D eigenvalue weighted by atomic mass is 31.2. The maximum atomic E-state index is 12.9. The van der Waals surface area contributed by atoms with Crippen LogP contribution in [0.2, 0.25) is 0 Å². The van der Waals surface area contributed by atoms with Crippen molar-refractivity contribution in [3.05, 3.63) is 0 Å². The van der Waals surface area contributed by atoms with Crippen molar-refractivity contribution in [2.24, 2.45) is 10.8 Å². The molecule has 0 aromatic carbocycles. The maximum Gasteiger partial charge on any atom is 0.346 e. The molecule has 0 fully saturated rings. The van der Waals surface area contributed by atoms with Crippen LogP contribution in [-0.2, 0) is 13.9 Å². The molecule has 0 rings (SSSR count). The number of hydrogen-bond acceptors (Lipinski definition) is 3. The summed E-state index contributed by atoms with van der Waals surface area (Å²) >= 11 is 0. The van der Waals surface area contributed by atoms with Gasteiger partial charge in [0.1, 0.15) is 0 Å². The predicted molar refractivity (Wildman–Crippen MR) is 79.9 cm³/mol. The van der Waals surface area contributed by atoms with E-state index in [0.717, 1.165) is 0 Å². The SMILES string of the molecule is CC(C)(C)OP(=O)(O)C(C(=O)O)(C(C)(C)C)C(C)(C)C. The Bertz CT molecular complexity index is 406. The molecule has 0 saturated heterocycles. The Morgan fingerprint density at radius 3 is 1.35 bits per heavy atom. The summed E-state index contributed by atoms with van der Waals surface area (Å²) in [6.45, 7) is 14.8. The smallest absolute Gasteiger partial charge is 0.346 e. The lowest BCUT2D eigenvalue weighted by molar-refractivity contribution is -0.149. The van der Waals surface area contributed by atoms with Crippen LogP contribution >= 0.6 is 7.60 Å². The topological polar surface area (TPSA) is 83.8 Å². The molecule has 0 saturated carbocycles. The van der Waals surface area contributed by atoms with Crippen molar-refractivity contribution in [1.29, 1.82) is 0 Å². The van der Waals surface area contributed by atoms with Crippen molar-refractivity contribution in [3.63, 3.8) is 0 Å². The number of hydrogen-bond donors (Lipinski definition) is 2. The van der Waals surface area contributed by atoms with Gasteiger partial charge in [-0.05, 0) is 31.6 Å². The van der Waals surface area contributed by atoms with Crippen LogP contribution in [0.25, 0.3) is 0 Å². The Morgan fingerprint density at radius 2 is 1.20 bits per heavy atom. The molecule has 0 radical (unpaired) electrons. The number of carboxylic acids is 1. The molecule has 6 heteroatoms. The molecule has 1 atom stereocenters. The highest BCUT2D eigenvalue weighted by Crippen LogP contribution is 2.70. The van der Waals surface area contributed by atoms with Gasteiger partial charge in [0.05, 0.1) is 5.60 Å². The second-order valence-corrected chi connectivity index (χ2v) is 10.1. The molecule has 20 heavy (non-hydrogen) atoms. The molecule has 0 aliphatic carbocycles. The molecule has 0 aromatic heterocycles. The van der Waals surface area contributed by atoms with E-state index >= 15 is 0 Å². The third-order valence-electron chi connectivity index (χ3n) is 3.30. The highest BCUT2D eigenvalue weighted by Gasteiger charge is 2.69. The van der Waals surface area contributed by atoms with E-state index in [9.17, 15) is 19.4 Å². The Hall–Kier alpha value is -0.380. The quantitative estimate of drug-likeness (QED) is 0.772. The monoisotopic (exact) mass is 308 g/mol. The minimum atomic E-state index is -4.45. The Morgan fingerprint density at radius 1 is 0.900 bits per heavy atom. The van der Waals surface area contributed by atoms with Crippen molar-refractivity contribution in [2.75, 3.05) is 0 Å². The maximum absolute atomic E-state index is 12.9. The van der Waals surface area contributed by atoms with E-state index in [1.807, 2.05) is 0 Å². The van der Waals surface area contributed by atoms with E-state index in [1.165, 1.54) is 0 Å². The summed E-state index contributed by atoms with van der Waals surface area (Å²) in [5.74, 6) is -1.31. The first-order valence-corrected chi connectivity index (χ1v) is 8.25. The average Bonchev–Trinajstić information content (AvgIpc) is 1.88. The van der Waals surface area contributed by atoms with Crippen molar-refractivity contribution in [3.8, 4) is 0 Å². The number of carboxylic acid groups (broad SMARTS) is 1. The van der Waals surface area contributed by atoms with Crippen LogP contribution < -0.4 is 0 Å². The summed E-state index contributed by atoms with van der Waals surface area (Å²) in [7, 11) is -4.45. The first-order valence-electron chi connectivity index (χ1n) is 6.67. The molecule has 0 aromatic rings. The molecule has 0 heterocycles. The molecule has 1 unspecified atom stereocenters. The Balaban J connectivity index is 6.45.